The smallest absolute Gasteiger partial charge is 0.198 e. The van der Waals surface area contributed by atoms with Crippen LogP contribution in [0.5, 0.6) is 0 Å². The minimum atomic E-state index is -1.88. The van der Waals surface area contributed by atoms with E-state index < -0.39 is 45.1 Å². The highest BCUT2D eigenvalue weighted by Gasteiger charge is 2.79. The van der Waals surface area contributed by atoms with Crippen molar-refractivity contribution in [3.8, 4) is 0 Å². The van der Waals surface area contributed by atoms with E-state index in [9.17, 15) is 15.3 Å². The van der Waals surface area contributed by atoms with E-state index in [0.717, 1.165) is 0 Å². The Bertz CT molecular complexity index is 1200. The number of ether oxygens (including phenoxy) is 3. The molecule has 2 aromatic heterocycles. The van der Waals surface area contributed by atoms with Crippen molar-refractivity contribution >= 4 is 17.0 Å². The van der Waals surface area contributed by atoms with Gasteiger partial charge in [0.1, 0.15) is 39.8 Å². The summed E-state index contributed by atoms with van der Waals surface area (Å²) in [5.41, 5.74) is -3.59. The Hall–Kier alpha value is -1.89. The molecule has 2 fully saturated rings. The molecule has 0 aromatic carbocycles. The van der Waals surface area contributed by atoms with Gasteiger partial charge in [-0.05, 0) is 68.2 Å². The van der Waals surface area contributed by atoms with E-state index in [2.05, 4.69) is 15.0 Å². The third-order valence-electron chi connectivity index (χ3n) is 10.1. The number of rotatable bonds is 5. The van der Waals surface area contributed by atoms with Gasteiger partial charge in [-0.1, -0.05) is 13.8 Å². The first kappa shape index (κ1) is 27.2. The van der Waals surface area contributed by atoms with E-state index >= 15 is 0 Å². The van der Waals surface area contributed by atoms with Crippen LogP contribution in [0.2, 0.25) is 0 Å². The maximum absolute atomic E-state index is 12.2. The molecule has 0 radical (unpaired) electrons. The zero-order valence-electron chi connectivity index (χ0n) is 23.0. The number of aliphatic hydroxyl groups is 3. The lowest BCUT2D eigenvalue weighted by atomic mass is 9.70. The average Bonchev–Trinajstić information content (AvgIpc) is 3.30. The summed E-state index contributed by atoms with van der Waals surface area (Å²) in [7, 11) is 0. The van der Waals surface area contributed by atoms with Gasteiger partial charge in [0.2, 0.25) is 0 Å². The molecule has 4 heterocycles. The van der Waals surface area contributed by atoms with Gasteiger partial charge in [-0.25, -0.2) is 15.0 Å². The van der Waals surface area contributed by atoms with Crippen molar-refractivity contribution in [3.05, 3.63) is 12.7 Å². The first-order chi connectivity index (χ1) is 16.2. The first-order valence-electron chi connectivity index (χ1n) is 12.5. The minimum Gasteiger partial charge on any atom is -0.384 e. The van der Waals surface area contributed by atoms with Crippen LogP contribution >= 0.6 is 0 Å². The van der Waals surface area contributed by atoms with Gasteiger partial charge in [0.15, 0.2) is 23.0 Å². The molecule has 0 bridgehead atoms. The largest absolute Gasteiger partial charge is 0.384 e. The predicted molar refractivity (Wildman–Crippen MR) is 133 cm³/mol. The lowest BCUT2D eigenvalue weighted by Crippen LogP contribution is -2.70. The van der Waals surface area contributed by atoms with Gasteiger partial charge in [0.05, 0.1) is 11.9 Å². The third-order valence-corrected chi connectivity index (χ3v) is 10.1. The molecule has 5 N–H and O–H groups in total. The van der Waals surface area contributed by atoms with E-state index in [4.69, 9.17) is 19.9 Å². The summed E-state index contributed by atoms with van der Waals surface area (Å²) in [6.07, 6.45) is 3.71. The second-order valence-electron chi connectivity index (χ2n) is 11.7. The summed E-state index contributed by atoms with van der Waals surface area (Å²) >= 11 is 0. The van der Waals surface area contributed by atoms with E-state index in [1.807, 2.05) is 20.8 Å². The number of nitrogens with zero attached hydrogens (tertiary/aromatic N) is 4. The number of imidazole rings is 1. The highest BCUT2D eigenvalue weighted by atomic mass is 16.8. The number of nitrogens with two attached hydrogens (primary N) is 1. The van der Waals surface area contributed by atoms with Gasteiger partial charge in [0.25, 0.3) is 0 Å². The molecule has 2 aliphatic rings. The molecule has 2 aliphatic heterocycles. The molecular formula is C25H41N5O6. The molecule has 36 heavy (non-hydrogen) atoms. The van der Waals surface area contributed by atoms with Crippen molar-refractivity contribution in [1.29, 1.82) is 0 Å². The number of nitrogen functional groups attached to an aromatic ring is 1. The Morgan fingerprint density at radius 3 is 1.92 bits per heavy atom. The van der Waals surface area contributed by atoms with Crippen molar-refractivity contribution in [1.82, 2.24) is 19.5 Å². The maximum atomic E-state index is 12.2. The predicted octanol–water partition coefficient (Wildman–Crippen LogP) is 2.22. The fourth-order valence-electron chi connectivity index (χ4n) is 6.16. The van der Waals surface area contributed by atoms with Crippen LogP contribution in [0, 0.1) is 0 Å². The molecular weight excluding hydrogens is 466 g/mol. The maximum Gasteiger partial charge on any atom is 0.198 e. The molecule has 8 atom stereocenters. The van der Waals surface area contributed by atoms with Crippen LogP contribution in [0.4, 0.5) is 5.82 Å². The summed E-state index contributed by atoms with van der Waals surface area (Å²) in [4.78, 5) is 12.8. The molecule has 0 aliphatic carbocycles. The van der Waals surface area contributed by atoms with Crippen LogP contribution in [0.15, 0.2) is 12.7 Å². The number of aromatic nitrogens is 4. The van der Waals surface area contributed by atoms with Gasteiger partial charge < -0.3 is 35.3 Å². The van der Waals surface area contributed by atoms with Crippen LogP contribution in [-0.4, -0.2) is 74.2 Å². The minimum absolute atomic E-state index is 0.205. The third kappa shape index (κ3) is 2.81. The van der Waals surface area contributed by atoms with Crippen LogP contribution in [0.1, 0.15) is 82.1 Å². The molecule has 11 heteroatoms. The molecule has 2 saturated heterocycles. The average molecular weight is 508 g/mol. The number of anilines is 1. The van der Waals surface area contributed by atoms with E-state index in [0.29, 0.717) is 24.0 Å². The quantitative estimate of drug-likeness (QED) is 0.473. The van der Waals surface area contributed by atoms with Gasteiger partial charge in [0, 0.05) is 0 Å². The van der Waals surface area contributed by atoms with Gasteiger partial charge in [-0.3, -0.25) is 4.57 Å². The van der Waals surface area contributed by atoms with Crippen molar-refractivity contribution in [2.45, 2.75) is 127 Å². The molecule has 0 spiro atoms. The number of hydrogen-bond acceptors (Lipinski definition) is 10. The highest BCUT2D eigenvalue weighted by molar-refractivity contribution is 5.81. The van der Waals surface area contributed by atoms with Gasteiger partial charge in [-0.2, -0.15) is 0 Å². The summed E-state index contributed by atoms with van der Waals surface area (Å²) < 4.78 is 21.6. The molecule has 2 aromatic rings. The van der Waals surface area contributed by atoms with Crippen molar-refractivity contribution in [2.24, 2.45) is 0 Å². The van der Waals surface area contributed by atoms with E-state index in [-0.39, 0.29) is 5.82 Å². The Kier molecular flexibility index (Phi) is 5.55. The Labute approximate surface area is 212 Å². The Morgan fingerprint density at radius 1 is 0.833 bits per heavy atom. The van der Waals surface area contributed by atoms with Gasteiger partial charge >= 0.3 is 0 Å². The molecule has 202 valence electrons. The first-order valence-corrected chi connectivity index (χ1v) is 12.5. The normalized spacial score (nSPS) is 49.2. The standard InChI is InChI=1S/C25H41N5O6/c1-11-18(3)20(5,31)22(7,33)25(10,35-18)36-23(8)21(6,32)19(4,12-2)34-24(23,9)30-14-29-15-16(26)27-13-28-17(15)30/h13-14,31-33H,11-12H2,1-10H3,(H2,26,27,28). The lowest BCUT2D eigenvalue weighted by molar-refractivity contribution is -0.368. The van der Waals surface area contributed by atoms with Gasteiger partial charge in [-0.15, -0.1) is 0 Å². The molecule has 0 saturated carbocycles. The monoisotopic (exact) mass is 507 g/mol. The summed E-state index contributed by atoms with van der Waals surface area (Å²) in [6.45, 7) is 17.1. The molecule has 8 unspecified atom stereocenters. The second kappa shape index (κ2) is 7.36. The SMILES string of the molecule is CCC1(C)OC(C)(OC2(C)C(C)(n3cnc4c(N)ncnc43)OC(C)(CC)C2(C)O)C(C)(O)C1(C)O. The number of fused-ring (bicyclic) bond motifs is 1. The highest BCUT2D eigenvalue weighted by Crippen LogP contribution is 2.62. The molecule has 0 amide bonds. The fraction of sp³-hybridized carbons (Fsp3) is 0.800. The van der Waals surface area contributed by atoms with Crippen LogP contribution in [0.3, 0.4) is 0 Å². The lowest BCUT2D eigenvalue weighted by Gasteiger charge is -2.52. The zero-order valence-corrected chi connectivity index (χ0v) is 23.0. The Balaban J connectivity index is 1.97. The van der Waals surface area contributed by atoms with E-state index in [1.165, 1.54) is 26.5 Å². The zero-order chi connectivity index (χ0) is 27.4. The summed E-state index contributed by atoms with van der Waals surface area (Å²) in [5.74, 6) is -1.55. The molecule has 4 rings (SSSR count). The summed E-state index contributed by atoms with van der Waals surface area (Å²) in [6, 6.07) is 0. The van der Waals surface area contributed by atoms with Crippen molar-refractivity contribution in [2.75, 3.05) is 5.73 Å². The summed E-state index contributed by atoms with van der Waals surface area (Å²) in [5, 5.41) is 35.5. The van der Waals surface area contributed by atoms with Crippen LogP contribution in [-0.2, 0) is 19.9 Å². The van der Waals surface area contributed by atoms with Crippen molar-refractivity contribution in [3.63, 3.8) is 0 Å². The Morgan fingerprint density at radius 2 is 1.39 bits per heavy atom. The van der Waals surface area contributed by atoms with Crippen molar-refractivity contribution < 1.29 is 29.5 Å². The van der Waals surface area contributed by atoms with E-state index in [1.54, 1.807) is 39.2 Å². The topological polar surface area (TPSA) is 158 Å². The fourth-order valence-corrected chi connectivity index (χ4v) is 6.16. The number of hydrogen-bond donors (Lipinski definition) is 4. The van der Waals surface area contributed by atoms with Crippen LogP contribution < -0.4 is 5.73 Å². The molecule has 11 nitrogen and oxygen atoms in total. The second-order valence-corrected chi connectivity index (χ2v) is 11.7. The van der Waals surface area contributed by atoms with Crippen LogP contribution in [0.25, 0.3) is 11.2 Å².